The first-order valence-corrected chi connectivity index (χ1v) is 4.42. The zero-order chi connectivity index (χ0) is 8.27. The Balaban J connectivity index is 2.32. The van der Waals surface area contributed by atoms with E-state index in [4.69, 9.17) is 0 Å². The molecule has 0 spiro atoms. The molecule has 0 aromatic carbocycles. The minimum atomic E-state index is 0.449. The molecule has 1 atom stereocenters. The van der Waals surface area contributed by atoms with Crippen LogP contribution in [0.4, 0.5) is 0 Å². The van der Waals surface area contributed by atoms with E-state index >= 15 is 0 Å². The quantitative estimate of drug-likeness (QED) is 0.604. The molecule has 0 bridgehead atoms. The summed E-state index contributed by atoms with van der Waals surface area (Å²) in [4.78, 5) is 2.47. The third-order valence-corrected chi connectivity index (χ3v) is 2.24. The van der Waals surface area contributed by atoms with Gasteiger partial charge in [-0.1, -0.05) is 13.5 Å². The molecular weight excluding hydrogens is 136 g/mol. The predicted molar refractivity (Wildman–Crippen MR) is 48.2 cm³/mol. The Morgan fingerprint density at radius 1 is 1.73 bits per heavy atom. The van der Waals surface area contributed by atoms with Crippen LogP contribution >= 0.6 is 0 Å². The van der Waals surface area contributed by atoms with Crippen LogP contribution in [-0.2, 0) is 0 Å². The smallest absolute Gasteiger partial charge is 0.0761 e. The molecule has 0 amide bonds. The van der Waals surface area contributed by atoms with Crippen molar-refractivity contribution in [2.75, 3.05) is 6.54 Å². The largest absolute Gasteiger partial charge is 0.376 e. The Bertz CT molecular complexity index is 130. The normalized spacial score (nSPS) is 19.9. The summed E-state index contributed by atoms with van der Waals surface area (Å²) in [6, 6.07) is 0.836. The van der Waals surface area contributed by atoms with E-state index in [9.17, 15) is 0 Å². The summed E-state index contributed by atoms with van der Waals surface area (Å²) in [5, 5.41) is 3.21. The second-order valence-electron chi connectivity index (χ2n) is 3.11. The lowest BCUT2D eigenvalue weighted by molar-refractivity contribution is 0.192. The van der Waals surface area contributed by atoms with E-state index < -0.39 is 0 Å². The zero-order valence-corrected chi connectivity index (χ0v) is 7.51. The third-order valence-electron chi connectivity index (χ3n) is 2.24. The van der Waals surface area contributed by atoms with Crippen LogP contribution in [0.2, 0.25) is 0 Å². The maximum atomic E-state index is 3.66. The molecule has 11 heavy (non-hydrogen) atoms. The van der Waals surface area contributed by atoms with E-state index in [2.05, 4.69) is 30.6 Å². The van der Waals surface area contributed by atoms with Crippen molar-refractivity contribution in [2.45, 2.75) is 38.9 Å². The highest BCUT2D eigenvalue weighted by Crippen LogP contribution is 2.27. The Labute approximate surface area is 69.3 Å². The van der Waals surface area contributed by atoms with Crippen LogP contribution in [0.5, 0.6) is 0 Å². The molecule has 0 aromatic heterocycles. The van der Waals surface area contributed by atoms with E-state index in [0.717, 1.165) is 12.6 Å². The third kappa shape index (κ3) is 2.22. The van der Waals surface area contributed by atoms with Crippen molar-refractivity contribution in [3.05, 3.63) is 12.8 Å². The van der Waals surface area contributed by atoms with Crippen molar-refractivity contribution < 1.29 is 0 Å². The standard InChI is InChI=1S/C9H18N2/c1-4-10-8(3)11(5-2)9-6-7-9/h4,8-10H,1,5-7H2,2-3H3. The van der Waals surface area contributed by atoms with Gasteiger partial charge < -0.3 is 5.32 Å². The molecule has 1 fully saturated rings. The van der Waals surface area contributed by atoms with Gasteiger partial charge in [0.05, 0.1) is 6.17 Å². The van der Waals surface area contributed by atoms with E-state index in [1.54, 1.807) is 6.20 Å². The lowest BCUT2D eigenvalue weighted by atomic mass is 10.4. The SMILES string of the molecule is C=CNC(C)N(CC)C1CC1. The monoisotopic (exact) mass is 154 g/mol. The Kier molecular flexibility index (Phi) is 2.94. The van der Waals surface area contributed by atoms with Gasteiger partial charge in [0.15, 0.2) is 0 Å². The average molecular weight is 154 g/mol. The molecule has 2 nitrogen and oxygen atoms in total. The molecule has 0 radical (unpaired) electrons. The summed E-state index contributed by atoms with van der Waals surface area (Å²) in [7, 11) is 0. The summed E-state index contributed by atoms with van der Waals surface area (Å²) in [5.74, 6) is 0. The maximum absolute atomic E-state index is 3.66. The molecule has 0 aliphatic heterocycles. The number of hydrogen-bond donors (Lipinski definition) is 1. The summed E-state index contributed by atoms with van der Waals surface area (Å²) in [6.45, 7) is 9.18. The maximum Gasteiger partial charge on any atom is 0.0761 e. The molecule has 1 rings (SSSR count). The lowest BCUT2D eigenvalue weighted by Crippen LogP contribution is -2.42. The fourth-order valence-corrected chi connectivity index (χ4v) is 1.52. The lowest BCUT2D eigenvalue weighted by Gasteiger charge is -2.27. The fourth-order valence-electron chi connectivity index (χ4n) is 1.52. The summed E-state index contributed by atoms with van der Waals surface area (Å²) >= 11 is 0. The summed E-state index contributed by atoms with van der Waals surface area (Å²) in [5.41, 5.74) is 0. The van der Waals surface area contributed by atoms with Crippen molar-refractivity contribution in [3.63, 3.8) is 0 Å². The molecule has 2 heteroatoms. The first kappa shape index (κ1) is 8.60. The molecule has 1 saturated carbocycles. The molecule has 64 valence electrons. The molecular formula is C9H18N2. The Morgan fingerprint density at radius 3 is 2.73 bits per heavy atom. The molecule has 0 heterocycles. The second-order valence-corrected chi connectivity index (χ2v) is 3.11. The van der Waals surface area contributed by atoms with Gasteiger partial charge in [-0.05, 0) is 32.5 Å². The number of rotatable bonds is 5. The van der Waals surface area contributed by atoms with Crippen molar-refractivity contribution in [3.8, 4) is 0 Å². The highest BCUT2D eigenvalue weighted by molar-refractivity contribution is 4.87. The van der Waals surface area contributed by atoms with Gasteiger partial charge in [-0.3, -0.25) is 4.90 Å². The summed E-state index contributed by atoms with van der Waals surface area (Å²) in [6.07, 6.45) is 4.97. The molecule has 1 aliphatic rings. The number of nitrogens with one attached hydrogen (secondary N) is 1. The van der Waals surface area contributed by atoms with Crippen molar-refractivity contribution >= 4 is 0 Å². The van der Waals surface area contributed by atoms with Gasteiger partial charge in [-0.2, -0.15) is 0 Å². The average Bonchev–Trinajstić information content (AvgIpc) is 2.73. The number of hydrogen-bond acceptors (Lipinski definition) is 2. The molecule has 1 unspecified atom stereocenters. The highest BCUT2D eigenvalue weighted by Gasteiger charge is 2.30. The van der Waals surface area contributed by atoms with Crippen molar-refractivity contribution in [1.29, 1.82) is 0 Å². The Morgan fingerprint density at radius 2 is 2.36 bits per heavy atom. The second kappa shape index (κ2) is 3.77. The van der Waals surface area contributed by atoms with Crippen LogP contribution in [0.3, 0.4) is 0 Å². The van der Waals surface area contributed by atoms with E-state index in [-0.39, 0.29) is 0 Å². The van der Waals surface area contributed by atoms with Crippen LogP contribution in [0.25, 0.3) is 0 Å². The van der Waals surface area contributed by atoms with Gasteiger partial charge in [0.25, 0.3) is 0 Å². The van der Waals surface area contributed by atoms with E-state index in [0.29, 0.717) is 6.17 Å². The molecule has 1 aliphatic carbocycles. The van der Waals surface area contributed by atoms with Gasteiger partial charge in [-0.25, -0.2) is 0 Å². The van der Waals surface area contributed by atoms with Gasteiger partial charge in [-0.15, -0.1) is 0 Å². The van der Waals surface area contributed by atoms with Crippen LogP contribution in [0.15, 0.2) is 12.8 Å². The fraction of sp³-hybridized carbons (Fsp3) is 0.778. The van der Waals surface area contributed by atoms with Crippen LogP contribution in [-0.4, -0.2) is 23.7 Å². The minimum absolute atomic E-state index is 0.449. The van der Waals surface area contributed by atoms with Crippen molar-refractivity contribution in [2.24, 2.45) is 0 Å². The summed E-state index contributed by atoms with van der Waals surface area (Å²) < 4.78 is 0. The van der Waals surface area contributed by atoms with Crippen LogP contribution in [0.1, 0.15) is 26.7 Å². The van der Waals surface area contributed by atoms with Gasteiger partial charge in [0.2, 0.25) is 0 Å². The van der Waals surface area contributed by atoms with Crippen LogP contribution in [0, 0.1) is 0 Å². The van der Waals surface area contributed by atoms with E-state index in [1.807, 2.05) is 0 Å². The first-order chi connectivity index (χ1) is 5.29. The first-order valence-electron chi connectivity index (χ1n) is 4.42. The minimum Gasteiger partial charge on any atom is -0.376 e. The zero-order valence-electron chi connectivity index (χ0n) is 7.51. The Hall–Kier alpha value is -0.500. The predicted octanol–water partition coefficient (Wildman–Crippen LogP) is 1.55. The molecule has 0 aromatic rings. The van der Waals surface area contributed by atoms with Crippen molar-refractivity contribution in [1.82, 2.24) is 10.2 Å². The van der Waals surface area contributed by atoms with E-state index in [1.165, 1.54) is 12.8 Å². The number of nitrogens with zero attached hydrogens (tertiary/aromatic N) is 1. The van der Waals surface area contributed by atoms with Gasteiger partial charge >= 0.3 is 0 Å². The van der Waals surface area contributed by atoms with Gasteiger partial charge in [0, 0.05) is 6.04 Å². The molecule has 0 saturated heterocycles. The van der Waals surface area contributed by atoms with Crippen LogP contribution < -0.4 is 5.32 Å². The topological polar surface area (TPSA) is 15.3 Å². The van der Waals surface area contributed by atoms with Gasteiger partial charge in [0.1, 0.15) is 0 Å². The molecule has 1 N–H and O–H groups in total. The highest BCUT2D eigenvalue weighted by atomic mass is 15.3.